The average molecular weight is 712 g/mol. The fourth-order valence-electron chi connectivity index (χ4n) is 7.96. The van der Waals surface area contributed by atoms with Crippen molar-refractivity contribution >= 4 is 28.7 Å². The molecule has 2 amide bonds. The van der Waals surface area contributed by atoms with Crippen LogP contribution in [0.5, 0.6) is 11.6 Å². The number of nitrogens with one attached hydrogen (secondary N) is 1. The molecule has 1 aromatic heterocycles. The topological polar surface area (TPSA) is 107 Å². The molecule has 2 fully saturated rings. The van der Waals surface area contributed by atoms with Crippen LogP contribution in [-0.2, 0) is 26.4 Å². The van der Waals surface area contributed by atoms with Gasteiger partial charge in [0, 0.05) is 23.8 Å². The first-order valence-electron chi connectivity index (χ1n) is 17.1. The van der Waals surface area contributed by atoms with Gasteiger partial charge in [-0.25, -0.2) is 18.6 Å². The first-order valence-corrected chi connectivity index (χ1v) is 17.1. The van der Waals surface area contributed by atoms with Crippen LogP contribution in [0.15, 0.2) is 18.2 Å². The Labute approximate surface area is 288 Å². The largest absolute Gasteiger partial charge is 0.497 e. The highest BCUT2D eigenvalue weighted by Gasteiger charge is 2.52. The number of benzene rings is 1. The van der Waals surface area contributed by atoms with E-state index in [9.17, 15) is 27.6 Å². The highest BCUT2D eigenvalue weighted by molar-refractivity contribution is 5.93. The molecule has 2 aromatic rings. The summed E-state index contributed by atoms with van der Waals surface area (Å²) in [5.74, 6) is -6.91. The lowest BCUT2D eigenvalue weighted by Gasteiger charge is -2.37. The van der Waals surface area contributed by atoms with Crippen molar-refractivity contribution in [3.63, 3.8) is 0 Å². The molecule has 1 N–H and O–H groups in total. The van der Waals surface area contributed by atoms with E-state index in [1.807, 2.05) is 0 Å². The maximum absolute atomic E-state index is 16.4. The summed E-state index contributed by atoms with van der Waals surface area (Å²) < 4.78 is 94.9. The van der Waals surface area contributed by atoms with E-state index in [-0.39, 0.29) is 36.6 Å². The molecule has 50 heavy (non-hydrogen) atoms. The van der Waals surface area contributed by atoms with Gasteiger partial charge in [-0.15, -0.1) is 0 Å². The third kappa shape index (κ3) is 7.21. The van der Waals surface area contributed by atoms with Gasteiger partial charge in [-0.1, -0.05) is 34.1 Å². The van der Waals surface area contributed by atoms with Crippen LogP contribution in [0.3, 0.4) is 0 Å². The molecule has 3 heterocycles. The van der Waals surface area contributed by atoms with E-state index in [1.54, 1.807) is 34.6 Å². The monoisotopic (exact) mass is 711 g/mol. The molecule has 14 heteroatoms. The maximum Gasteiger partial charge on any atom is 0.417 e. The van der Waals surface area contributed by atoms with Gasteiger partial charge < -0.3 is 24.4 Å². The number of halogens is 5. The molecule has 3 aliphatic rings. The fourth-order valence-corrected chi connectivity index (χ4v) is 7.96. The van der Waals surface area contributed by atoms with E-state index >= 15 is 8.78 Å². The number of Topliss-reactive ketones (excluding diaryl/α,β-unsaturated/α-hetero) is 1. The summed E-state index contributed by atoms with van der Waals surface area (Å²) in [5, 5.41) is 2.20. The average Bonchev–Trinajstić information content (AvgIpc) is 3.53. The van der Waals surface area contributed by atoms with Crippen molar-refractivity contribution in [1.82, 2.24) is 15.2 Å². The van der Waals surface area contributed by atoms with Gasteiger partial charge in [0.2, 0.25) is 11.8 Å². The number of amides is 2. The SMILES string of the molecule is COc1ccc2c(C(F)(F)F)c3c(nc2c1)O[C@H]1CN(C(=O)[C@H](C(C)(C)C)NC(=O)O[C@]2(C)CCC[C@H]2CCCCC3(F)F)[C@H](C(C)=O)C1C. The number of methoxy groups -OCH3 is 1. The Morgan fingerprint density at radius 1 is 1.08 bits per heavy atom. The molecule has 6 atom stereocenters. The molecule has 1 saturated heterocycles. The third-order valence-electron chi connectivity index (χ3n) is 10.7. The summed E-state index contributed by atoms with van der Waals surface area (Å²) in [5.41, 5.74) is -5.02. The second-order valence-corrected chi connectivity index (χ2v) is 15.3. The molecule has 0 radical (unpaired) electrons. The summed E-state index contributed by atoms with van der Waals surface area (Å²) in [6.07, 6.45) is -5.71. The minimum atomic E-state index is -5.23. The second-order valence-electron chi connectivity index (χ2n) is 15.3. The van der Waals surface area contributed by atoms with Gasteiger partial charge in [0.05, 0.1) is 36.3 Å². The minimum absolute atomic E-state index is 0.121. The Morgan fingerprint density at radius 3 is 2.38 bits per heavy atom. The quantitative estimate of drug-likeness (QED) is 0.317. The normalized spacial score (nSPS) is 29.6. The molecule has 1 saturated carbocycles. The molecule has 0 spiro atoms. The number of rotatable bonds is 2. The van der Waals surface area contributed by atoms with Crippen LogP contribution < -0.4 is 14.8 Å². The van der Waals surface area contributed by atoms with Crippen molar-refractivity contribution in [2.45, 2.75) is 122 Å². The van der Waals surface area contributed by atoms with Crippen molar-refractivity contribution in [3.05, 3.63) is 29.3 Å². The third-order valence-corrected chi connectivity index (χ3v) is 10.7. The number of hydrogen-bond acceptors (Lipinski definition) is 7. The lowest BCUT2D eigenvalue weighted by molar-refractivity contribution is -0.141. The zero-order chi connectivity index (χ0) is 37.0. The molecule has 1 unspecified atom stereocenters. The lowest BCUT2D eigenvalue weighted by atomic mass is 9.85. The number of ketones is 1. The molecule has 9 nitrogen and oxygen atoms in total. The smallest absolute Gasteiger partial charge is 0.417 e. The number of hydrogen-bond donors (Lipinski definition) is 1. The number of alkyl halides is 5. The van der Waals surface area contributed by atoms with E-state index in [0.717, 1.165) is 12.5 Å². The number of alkyl carbamates (subject to hydrolysis) is 1. The Kier molecular flexibility index (Phi) is 10.1. The predicted molar refractivity (Wildman–Crippen MR) is 174 cm³/mol. The molecule has 1 aromatic carbocycles. The van der Waals surface area contributed by atoms with Crippen LogP contribution in [-0.4, -0.2) is 65.1 Å². The molecular formula is C36H46F5N3O6. The maximum atomic E-state index is 16.4. The Balaban J connectivity index is 1.69. The molecular weight excluding hydrogens is 665 g/mol. The van der Waals surface area contributed by atoms with Gasteiger partial charge >= 0.3 is 12.3 Å². The van der Waals surface area contributed by atoms with Gasteiger partial charge in [0.15, 0.2) is 5.78 Å². The van der Waals surface area contributed by atoms with E-state index in [0.29, 0.717) is 19.3 Å². The van der Waals surface area contributed by atoms with Crippen molar-refractivity contribution < 1.29 is 50.5 Å². The van der Waals surface area contributed by atoms with Gasteiger partial charge in [-0.05, 0) is 69.4 Å². The van der Waals surface area contributed by atoms with Crippen LogP contribution in [0.4, 0.5) is 26.7 Å². The van der Waals surface area contributed by atoms with Crippen LogP contribution in [0.2, 0.25) is 0 Å². The number of ether oxygens (including phenoxy) is 3. The van der Waals surface area contributed by atoms with Crippen LogP contribution in [0.1, 0.15) is 97.6 Å². The fraction of sp³-hybridized carbons (Fsp3) is 0.667. The summed E-state index contributed by atoms with van der Waals surface area (Å²) in [6, 6.07) is 1.21. The van der Waals surface area contributed by atoms with E-state index in [4.69, 9.17) is 14.2 Å². The highest BCUT2D eigenvalue weighted by atomic mass is 19.4. The van der Waals surface area contributed by atoms with Crippen LogP contribution >= 0.6 is 0 Å². The predicted octanol–water partition coefficient (Wildman–Crippen LogP) is 7.81. The van der Waals surface area contributed by atoms with Crippen molar-refractivity contribution in [3.8, 4) is 11.6 Å². The summed E-state index contributed by atoms with van der Waals surface area (Å²) >= 11 is 0. The van der Waals surface area contributed by atoms with E-state index < -0.39 is 93.8 Å². The Morgan fingerprint density at radius 2 is 1.76 bits per heavy atom. The zero-order valence-electron chi connectivity index (χ0n) is 29.5. The number of carbonyl (C=O) groups is 3. The molecule has 1 aliphatic carbocycles. The summed E-state index contributed by atoms with van der Waals surface area (Å²) in [7, 11) is 1.31. The highest BCUT2D eigenvalue weighted by Crippen LogP contribution is 2.50. The molecule has 2 aliphatic heterocycles. The van der Waals surface area contributed by atoms with Crippen LogP contribution in [0, 0.1) is 17.3 Å². The second kappa shape index (κ2) is 13.4. The minimum Gasteiger partial charge on any atom is -0.497 e. The molecule has 276 valence electrons. The molecule has 5 rings (SSSR count). The van der Waals surface area contributed by atoms with E-state index in [1.165, 1.54) is 31.1 Å². The van der Waals surface area contributed by atoms with Gasteiger partial charge in [-0.3, -0.25) is 9.59 Å². The number of pyridine rings is 1. The van der Waals surface area contributed by atoms with Crippen molar-refractivity contribution in [2.75, 3.05) is 13.7 Å². The number of carbonyl (C=O) groups excluding carboxylic acids is 3. The lowest BCUT2D eigenvalue weighted by Crippen LogP contribution is -2.58. The van der Waals surface area contributed by atoms with Gasteiger partial charge in [0.1, 0.15) is 23.5 Å². The van der Waals surface area contributed by atoms with Crippen LogP contribution in [0.25, 0.3) is 10.9 Å². The summed E-state index contributed by atoms with van der Waals surface area (Å²) in [4.78, 5) is 46.2. The Hall–Kier alpha value is -3.71. The number of aromatic nitrogens is 1. The van der Waals surface area contributed by atoms with Crippen molar-refractivity contribution in [2.24, 2.45) is 17.3 Å². The van der Waals surface area contributed by atoms with E-state index in [2.05, 4.69) is 10.3 Å². The zero-order valence-corrected chi connectivity index (χ0v) is 29.5. The van der Waals surface area contributed by atoms with Crippen molar-refractivity contribution in [1.29, 1.82) is 0 Å². The van der Waals surface area contributed by atoms with Gasteiger partial charge in [-0.2, -0.15) is 13.2 Å². The molecule has 2 bridgehead atoms. The first-order chi connectivity index (χ1) is 23.2. The standard InChI is InChI=1S/C36H46F5N3O6/c1-19-25-18-44(28(19)20(2)45)31(46)29(33(3,4)5)43-32(47)50-34(6)15-10-12-21(34)11-8-9-16-35(37,38)27-26(36(39,40)41)23-14-13-22(48-7)17-24(23)42-30(27)49-25/h13-14,17,19,21,25,28-29H,8-12,15-16,18H2,1-7H3,(H,43,47)/t19?,21-,25+,28+,29-,34-/m1/s1. The van der Waals surface area contributed by atoms with Gasteiger partial charge in [0.25, 0.3) is 5.92 Å². The Bertz CT molecular complexity index is 1640. The summed E-state index contributed by atoms with van der Waals surface area (Å²) in [6.45, 7) is 9.47. The number of fused-ring (bicyclic) bond motifs is 5. The first kappa shape index (κ1) is 37.5. The number of nitrogens with zero attached hydrogens (tertiary/aromatic N) is 2.